The maximum atomic E-state index is 9.17. The molecule has 0 spiro atoms. The number of aliphatic hydroxyl groups excluding tert-OH is 1. The minimum Gasteiger partial charge on any atom is -0.377 e. The van der Waals surface area contributed by atoms with Crippen LogP contribution in [0, 0.1) is 5.92 Å². The Bertz CT molecular complexity index is 387. The molecule has 3 unspecified atom stereocenters. The Labute approximate surface area is 174 Å². The van der Waals surface area contributed by atoms with E-state index in [1.54, 1.807) is 0 Å². The standard InChI is InChI=1S/C24H49N2O2/c1-3-17-22(2)20-26-21-23(26)18-15-13-11-9-7-5-4-6-8-10-12-14-16-19-24(27)25-28/h20,22-25,27-28H,3-19,21H2,1-2H3/q+1. The molecule has 1 fully saturated rings. The van der Waals surface area contributed by atoms with Crippen LogP contribution in [0.15, 0.2) is 0 Å². The number of nitrogens with one attached hydrogen (secondary N) is 1. The van der Waals surface area contributed by atoms with Crippen molar-refractivity contribution >= 4 is 6.21 Å². The van der Waals surface area contributed by atoms with Crippen LogP contribution in [0.2, 0.25) is 0 Å². The zero-order valence-electron chi connectivity index (χ0n) is 18.9. The second-order valence-electron chi connectivity index (χ2n) is 9.08. The van der Waals surface area contributed by atoms with Gasteiger partial charge in [0.05, 0.1) is 0 Å². The molecule has 0 amide bonds. The summed E-state index contributed by atoms with van der Waals surface area (Å²) in [4.78, 5) is 0. The summed E-state index contributed by atoms with van der Waals surface area (Å²) in [6.07, 6.45) is 23.8. The summed E-state index contributed by atoms with van der Waals surface area (Å²) in [6.45, 7) is 5.94. The lowest BCUT2D eigenvalue weighted by molar-refractivity contribution is -0.358. The molecule has 0 radical (unpaired) electrons. The molecular weight excluding hydrogens is 348 g/mol. The molecule has 1 saturated heterocycles. The number of rotatable bonds is 20. The maximum absolute atomic E-state index is 9.17. The summed E-state index contributed by atoms with van der Waals surface area (Å²) in [6, 6.07) is 0.871. The van der Waals surface area contributed by atoms with Crippen molar-refractivity contribution < 1.29 is 14.9 Å². The lowest BCUT2D eigenvalue weighted by Gasteiger charge is -2.07. The number of unbranched alkanes of at least 4 members (excludes halogenated alkanes) is 12. The summed E-state index contributed by atoms with van der Waals surface area (Å²) in [5, 5.41) is 17.7. The quantitative estimate of drug-likeness (QED) is 0.0772. The van der Waals surface area contributed by atoms with Crippen LogP contribution in [-0.2, 0) is 0 Å². The van der Waals surface area contributed by atoms with E-state index in [4.69, 9.17) is 10.3 Å². The highest BCUT2D eigenvalue weighted by atomic mass is 16.5. The van der Waals surface area contributed by atoms with Crippen LogP contribution in [-0.4, -0.2) is 39.9 Å². The highest BCUT2D eigenvalue weighted by Crippen LogP contribution is 2.20. The largest absolute Gasteiger partial charge is 0.377 e. The van der Waals surface area contributed by atoms with Crippen molar-refractivity contribution in [2.24, 2.45) is 5.92 Å². The number of hydroxylamine groups is 1. The Morgan fingerprint density at radius 2 is 1.36 bits per heavy atom. The number of hydrogen-bond acceptors (Lipinski definition) is 3. The fraction of sp³-hybridized carbons (Fsp3) is 0.958. The molecule has 4 heteroatoms. The van der Waals surface area contributed by atoms with Gasteiger partial charge in [-0.1, -0.05) is 90.9 Å². The van der Waals surface area contributed by atoms with Gasteiger partial charge in [-0.25, -0.2) is 4.58 Å². The van der Waals surface area contributed by atoms with Crippen LogP contribution in [0.25, 0.3) is 0 Å². The number of nitrogens with zero attached hydrogens (tertiary/aromatic N) is 1. The van der Waals surface area contributed by atoms with E-state index in [1.807, 2.05) is 5.48 Å². The third-order valence-electron chi connectivity index (χ3n) is 6.11. The van der Waals surface area contributed by atoms with E-state index in [1.165, 1.54) is 96.4 Å². The van der Waals surface area contributed by atoms with E-state index < -0.39 is 6.23 Å². The van der Waals surface area contributed by atoms with Crippen LogP contribution < -0.4 is 5.48 Å². The molecule has 0 aromatic carbocycles. The second kappa shape index (κ2) is 17.4. The van der Waals surface area contributed by atoms with Crippen molar-refractivity contribution in [3.8, 4) is 0 Å². The van der Waals surface area contributed by atoms with Gasteiger partial charge < -0.3 is 10.3 Å². The van der Waals surface area contributed by atoms with Crippen molar-refractivity contribution in [1.82, 2.24) is 5.48 Å². The Morgan fingerprint density at radius 3 is 1.86 bits per heavy atom. The second-order valence-corrected chi connectivity index (χ2v) is 9.08. The van der Waals surface area contributed by atoms with Crippen LogP contribution in [0.3, 0.4) is 0 Å². The normalized spacial score (nSPS) is 19.9. The average Bonchev–Trinajstić information content (AvgIpc) is 3.42. The van der Waals surface area contributed by atoms with E-state index in [0.717, 1.165) is 24.8 Å². The van der Waals surface area contributed by atoms with Crippen molar-refractivity contribution in [3.63, 3.8) is 0 Å². The van der Waals surface area contributed by atoms with Crippen LogP contribution in [0.5, 0.6) is 0 Å². The van der Waals surface area contributed by atoms with Crippen molar-refractivity contribution in [1.29, 1.82) is 0 Å². The van der Waals surface area contributed by atoms with Crippen molar-refractivity contribution in [3.05, 3.63) is 0 Å². The summed E-state index contributed by atoms with van der Waals surface area (Å²) in [7, 11) is 0. The first-order valence-corrected chi connectivity index (χ1v) is 12.4. The molecule has 3 atom stereocenters. The molecule has 166 valence electrons. The van der Waals surface area contributed by atoms with Crippen LogP contribution in [0.4, 0.5) is 0 Å². The lowest BCUT2D eigenvalue weighted by atomic mass is 10.0. The average molecular weight is 398 g/mol. The molecule has 3 N–H and O–H groups in total. The number of hydrogen-bond donors (Lipinski definition) is 3. The molecule has 0 bridgehead atoms. The minimum atomic E-state index is -0.749. The van der Waals surface area contributed by atoms with Gasteiger partial charge in [0.2, 0.25) is 12.6 Å². The molecule has 0 saturated carbocycles. The zero-order chi connectivity index (χ0) is 20.5. The highest BCUT2D eigenvalue weighted by Gasteiger charge is 2.39. The SMILES string of the molecule is CCCC(C)C=[N+]1CC1CCCCCCCCCCCCCCCC(O)NO. The monoisotopic (exact) mass is 397 g/mol. The molecule has 0 aromatic heterocycles. The molecule has 1 rings (SSSR count). The van der Waals surface area contributed by atoms with E-state index in [9.17, 15) is 0 Å². The summed E-state index contributed by atoms with van der Waals surface area (Å²) in [5.74, 6) is 0.762. The summed E-state index contributed by atoms with van der Waals surface area (Å²) >= 11 is 0. The molecule has 1 heterocycles. The minimum absolute atomic E-state index is 0.645. The molecule has 0 aromatic rings. The van der Waals surface area contributed by atoms with Gasteiger partial charge in [0.25, 0.3) is 0 Å². The van der Waals surface area contributed by atoms with E-state index >= 15 is 0 Å². The zero-order valence-corrected chi connectivity index (χ0v) is 18.9. The smallest absolute Gasteiger partial charge is 0.210 e. The summed E-state index contributed by atoms with van der Waals surface area (Å²) in [5.41, 5.74) is 1.88. The molecule has 0 aliphatic carbocycles. The molecule has 4 nitrogen and oxygen atoms in total. The Hall–Kier alpha value is -0.450. The maximum Gasteiger partial charge on any atom is 0.210 e. The fourth-order valence-corrected chi connectivity index (χ4v) is 4.22. The predicted molar refractivity (Wildman–Crippen MR) is 119 cm³/mol. The third-order valence-corrected chi connectivity index (χ3v) is 6.11. The molecule has 28 heavy (non-hydrogen) atoms. The highest BCUT2D eigenvalue weighted by molar-refractivity contribution is 5.55. The van der Waals surface area contributed by atoms with E-state index in [2.05, 4.69) is 24.6 Å². The van der Waals surface area contributed by atoms with Crippen molar-refractivity contribution in [2.45, 2.75) is 135 Å². The van der Waals surface area contributed by atoms with Crippen LogP contribution >= 0.6 is 0 Å². The lowest BCUT2D eigenvalue weighted by Crippen LogP contribution is -2.24. The molecule has 1 aliphatic heterocycles. The van der Waals surface area contributed by atoms with Gasteiger partial charge in [-0.2, -0.15) is 5.48 Å². The Balaban J connectivity index is 1.74. The first-order chi connectivity index (χ1) is 13.7. The summed E-state index contributed by atoms with van der Waals surface area (Å²) < 4.78 is 2.57. The predicted octanol–water partition coefficient (Wildman–Crippen LogP) is 6.04. The van der Waals surface area contributed by atoms with Gasteiger partial charge in [-0.05, 0) is 25.7 Å². The van der Waals surface area contributed by atoms with Gasteiger partial charge in [0.15, 0.2) is 0 Å². The number of aliphatic hydroxyl groups is 1. The first kappa shape index (κ1) is 25.6. The topological polar surface area (TPSA) is 55.5 Å². The first-order valence-electron chi connectivity index (χ1n) is 12.4. The van der Waals surface area contributed by atoms with E-state index in [0.29, 0.717) is 6.42 Å². The van der Waals surface area contributed by atoms with Gasteiger partial charge in [0.1, 0.15) is 12.4 Å². The Morgan fingerprint density at radius 1 is 0.857 bits per heavy atom. The molecule has 1 aliphatic rings. The van der Waals surface area contributed by atoms with Gasteiger partial charge in [-0.15, -0.1) is 0 Å². The van der Waals surface area contributed by atoms with Crippen LogP contribution in [0.1, 0.15) is 123 Å². The third kappa shape index (κ3) is 14.5. The van der Waals surface area contributed by atoms with Crippen molar-refractivity contribution in [2.75, 3.05) is 6.54 Å². The van der Waals surface area contributed by atoms with Gasteiger partial charge in [0, 0.05) is 12.3 Å². The van der Waals surface area contributed by atoms with Gasteiger partial charge >= 0.3 is 0 Å². The van der Waals surface area contributed by atoms with E-state index in [-0.39, 0.29) is 0 Å². The fourth-order valence-electron chi connectivity index (χ4n) is 4.22. The van der Waals surface area contributed by atoms with Gasteiger partial charge in [-0.3, -0.25) is 0 Å². The molecular formula is C24H49N2O2+. The Kier molecular flexibility index (Phi) is 15.9.